The van der Waals surface area contributed by atoms with Crippen molar-refractivity contribution in [3.8, 4) is 5.75 Å². The van der Waals surface area contributed by atoms with Crippen LogP contribution in [0.15, 0.2) is 18.2 Å². The second-order valence-corrected chi connectivity index (χ2v) is 6.89. The van der Waals surface area contributed by atoms with Gasteiger partial charge in [0.1, 0.15) is 5.75 Å². The van der Waals surface area contributed by atoms with E-state index in [9.17, 15) is 9.90 Å². The molecule has 4 nitrogen and oxygen atoms in total. The average Bonchev–Trinajstić information content (AvgIpc) is 2.61. The number of hydrogen-bond donors (Lipinski definition) is 1. The van der Waals surface area contributed by atoms with Gasteiger partial charge in [-0.25, -0.2) is 0 Å². The van der Waals surface area contributed by atoms with E-state index in [2.05, 4.69) is 12.1 Å². The van der Waals surface area contributed by atoms with E-state index in [0.717, 1.165) is 50.9 Å². The minimum atomic E-state index is 0.190. The van der Waals surface area contributed by atoms with E-state index >= 15 is 0 Å². The van der Waals surface area contributed by atoms with Crippen molar-refractivity contribution in [2.75, 3.05) is 26.8 Å². The predicted molar refractivity (Wildman–Crippen MR) is 89.7 cm³/mol. The molecule has 2 unspecified atom stereocenters. The van der Waals surface area contributed by atoms with Gasteiger partial charge in [0.05, 0.1) is 7.11 Å². The number of aliphatic hydroxyl groups is 1. The normalized spacial score (nSPS) is 24.2. The van der Waals surface area contributed by atoms with Crippen LogP contribution in [0, 0.1) is 5.92 Å². The highest BCUT2D eigenvalue weighted by atomic mass is 16.5. The molecule has 4 heteroatoms. The van der Waals surface area contributed by atoms with Crippen molar-refractivity contribution in [1.82, 2.24) is 4.90 Å². The molecule has 2 aliphatic rings. The lowest BCUT2D eigenvalue weighted by molar-refractivity contribution is -0.133. The van der Waals surface area contributed by atoms with Crippen molar-refractivity contribution in [3.05, 3.63) is 29.3 Å². The number of hydrogen-bond acceptors (Lipinski definition) is 3. The number of aliphatic hydroxyl groups excluding tert-OH is 1. The lowest BCUT2D eigenvalue weighted by Gasteiger charge is -2.34. The summed E-state index contributed by atoms with van der Waals surface area (Å²) in [4.78, 5) is 14.6. The van der Waals surface area contributed by atoms with Crippen LogP contribution in [0.4, 0.5) is 0 Å². The van der Waals surface area contributed by atoms with Gasteiger partial charge in [0.15, 0.2) is 0 Å². The molecule has 0 saturated carbocycles. The molecule has 3 rings (SSSR count). The molecule has 0 bridgehead atoms. The van der Waals surface area contributed by atoms with E-state index < -0.39 is 0 Å². The quantitative estimate of drug-likeness (QED) is 0.929. The highest BCUT2D eigenvalue weighted by molar-refractivity contribution is 5.77. The number of ether oxygens (including phenoxy) is 1. The van der Waals surface area contributed by atoms with E-state index in [1.165, 1.54) is 11.1 Å². The van der Waals surface area contributed by atoms with Gasteiger partial charge < -0.3 is 14.7 Å². The Kier molecular flexibility index (Phi) is 5.21. The molecule has 1 saturated heterocycles. The van der Waals surface area contributed by atoms with E-state index in [4.69, 9.17) is 4.74 Å². The number of methoxy groups -OCH3 is 1. The maximum atomic E-state index is 12.7. The first-order valence-corrected chi connectivity index (χ1v) is 8.76. The van der Waals surface area contributed by atoms with Crippen molar-refractivity contribution in [2.24, 2.45) is 5.92 Å². The summed E-state index contributed by atoms with van der Waals surface area (Å²) in [6.45, 7) is 1.75. The molecule has 2 atom stereocenters. The molecule has 0 spiro atoms. The molecule has 1 aliphatic carbocycles. The molecular weight excluding hydrogens is 290 g/mol. The predicted octanol–water partition coefficient (Wildman–Crippen LogP) is 2.74. The lowest BCUT2D eigenvalue weighted by Crippen LogP contribution is -2.41. The van der Waals surface area contributed by atoms with Crippen molar-refractivity contribution in [2.45, 2.75) is 44.4 Å². The zero-order valence-corrected chi connectivity index (χ0v) is 14.0. The Morgan fingerprint density at radius 1 is 1.35 bits per heavy atom. The Labute approximate surface area is 138 Å². The number of aryl methyl sites for hydroxylation is 1. The summed E-state index contributed by atoms with van der Waals surface area (Å²) in [5, 5.41) is 9.34. The summed E-state index contributed by atoms with van der Waals surface area (Å²) in [5.41, 5.74) is 2.65. The van der Waals surface area contributed by atoms with Crippen LogP contribution in [-0.2, 0) is 11.2 Å². The van der Waals surface area contributed by atoms with E-state index in [1.54, 1.807) is 7.11 Å². The number of piperidine rings is 1. The van der Waals surface area contributed by atoms with Crippen LogP contribution < -0.4 is 4.74 Å². The number of carbonyl (C=O) groups is 1. The number of rotatable bonds is 4. The molecule has 1 aliphatic heterocycles. The molecule has 0 radical (unpaired) electrons. The highest BCUT2D eigenvalue weighted by Gasteiger charge is 2.28. The monoisotopic (exact) mass is 317 g/mol. The number of fused-ring (bicyclic) bond motifs is 1. The highest BCUT2D eigenvalue weighted by Crippen LogP contribution is 2.36. The Hall–Kier alpha value is -1.55. The van der Waals surface area contributed by atoms with Gasteiger partial charge in [-0.1, -0.05) is 6.07 Å². The molecule has 1 fully saturated rings. The summed E-state index contributed by atoms with van der Waals surface area (Å²) in [6, 6.07) is 6.26. The molecular formula is C19H27NO3. The van der Waals surface area contributed by atoms with Gasteiger partial charge in [-0.05, 0) is 67.2 Å². The molecule has 1 heterocycles. The van der Waals surface area contributed by atoms with Crippen molar-refractivity contribution in [1.29, 1.82) is 0 Å². The zero-order valence-electron chi connectivity index (χ0n) is 14.0. The number of benzene rings is 1. The molecule has 0 aromatic heterocycles. The minimum absolute atomic E-state index is 0.190. The van der Waals surface area contributed by atoms with Crippen molar-refractivity contribution in [3.63, 3.8) is 0 Å². The first-order valence-electron chi connectivity index (χ1n) is 8.76. The van der Waals surface area contributed by atoms with Gasteiger partial charge in [-0.3, -0.25) is 4.79 Å². The maximum absolute atomic E-state index is 12.7. The lowest BCUT2D eigenvalue weighted by atomic mass is 9.80. The Balaban J connectivity index is 1.68. The van der Waals surface area contributed by atoms with Crippen LogP contribution in [0.2, 0.25) is 0 Å². The van der Waals surface area contributed by atoms with Crippen molar-refractivity contribution < 1.29 is 14.6 Å². The molecule has 23 heavy (non-hydrogen) atoms. The molecule has 1 N–H and O–H groups in total. The molecule has 1 aromatic rings. The second kappa shape index (κ2) is 7.35. The molecule has 1 aromatic carbocycles. The average molecular weight is 317 g/mol. The summed E-state index contributed by atoms with van der Waals surface area (Å²) < 4.78 is 5.32. The first kappa shape index (κ1) is 16.3. The summed E-state index contributed by atoms with van der Waals surface area (Å²) >= 11 is 0. The fraction of sp³-hybridized carbons (Fsp3) is 0.632. The largest absolute Gasteiger partial charge is 0.497 e. The zero-order chi connectivity index (χ0) is 16.2. The third-order valence-corrected chi connectivity index (χ3v) is 5.34. The number of carbonyl (C=O) groups excluding carboxylic acids is 1. The van der Waals surface area contributed by atoms with Gasteiger partial charge in [-0.15, -0.1) is 0 Å². The van der Waals surface area contributed by atoms with Gasteiger partial charge >= 0.3 is 0 Å². The minimum Gasteiger partial charge on any atom is -0.497 e. The van der Waals surface area contributed by atoms with Gasteiger partial charge in [0.2, 0.25) is 5.91 Å². The standard InChI is InChI=1S/C19H27NO3/c1-23-17-7-8-18-15(10-17)5-2-6-16(18)11-19(22)20-9-3-4-14(12-20)13-21/h7-8,10,14,16,21H,2-6,9,11-13H2,1H3. The van der Waals surface area contributed by atoms with E-state index in [-0.39, 0.29) is 18.4 Å². The van der Waals surface area contributed by atoms with Crippen LogP contribution in [0.25, 0.3) is 0 Å². The topological polar surface area (TPSA) is 49.8 Å². The third kappa shape index (κ3) is 3.69. The summed E-state index contributed by atoms with van der Waals surface area (Å²) in [5.74, 6) is 1.73. The van der Waals surface area contributed by atoms with Gasteiger partial charge in [0.25, 0.3) is 0 Å². The fourth-order valence-corrected chi connectivity index (χ4v) is 4.01. The smallest absolute Gasteiger partial charge is 0.223 e. The molecule has 1 amide bonds. The van der Waals surface area contributed by atoms with Crippen LogP contribution >= 0.6 is 0 Å². The van der Waals surface area contributed by atoms with Gasteiger partial charge in [-0.2, -0.15) is 0 Å². The fourth-order valence-electron chi connectivity index (χ4n) is 4.01. The van der Waals surface area contributed by atoms with E-state index in [0.29, 0.717) is 12.3 Å². The van der Waals surface area contributed by atoms with Crippen molar-refractivity contribution >= 4 is 5.91 Å². The van der Waals surface area contributed by atoms with Crippen LogP contribution in [0.3, 0.4) is 0 Å². The van der Waals surface area contributed by atoms with Crippen LogP contribution in [0.5, 0.6) is 5.75 Å². The van der Waals surface area contributed by atoms with E-state index in [1.807, 2.05) is 11.0 Å². The SMILES string of the molecule is COc1ccc2c(c1)CCCC2CC(=O)N1CCCC(CO)C1. The number of likely N-dealkylation sites (tertiary alicyclic amines) is 1. The summed E-state index contributed by atoms with van der Waals surface area (Å²) in [7, 11) is 1.69. The second-order valence-electron chi connectivity index (χ2n) is 6.89. The Bertz CT molecular complexity index is 558. The number of nitrogens with zero attached hydrogens (tertiary/aromatic N) is 1. The van der Waals surface area contributed by atoms with Crippen LogP contribution in [0.1, 0.15) is 49.1 Å². The Morgan fingerprint density at radius 3 is 3.00 bits per heavy atom. The first-order chi connectivity index (χ1) is 11.2. The molecule has 126 valence electrons. The van der Waals surface area contributed by atoms with Gasteiger partial charge in [0, 0.05) is 26.1 Å². The Morgan fingerprint density at radius 2 is 2.22 bits per heavy atom. The van der Waals surface area contributed by atoms with Crippen LogP contribution in [-0.4, -0.2) is 42.7 Å². The number of amides is 1. The third-order valence-electron chi connectivity index (χ3n) is 5.34. The maximum Gasteiger partial charge on any atom is 0.223 e. The summed E-state index contributed by atoms with van der Waals surface area (Å²) in [6.07, 6.45) is 5.94.